The zero-order valence-corrected chi connectivity index (χ0v) is 25.2. The van der Waals surface area contributed by atoms with E-state index >= 15 is 0 Å². The first-order chi connectivity index (χ1) is 19.5. The first-order valence-corrected chi connectivity index (χ1v) is 13.3. The summed E-state index contributed by atoms with van der Waals surface area (Å²) in [6, 6.07) is 36.9. The Morgan fingerprint density at radius 1 is 0.452 bits per heavy atom. The van der Waals surface area contributed by atoms with Crippen LogP contribution in [0.4, 0.5) is 11.4 Å². The molecule has 4 N–H and O–H groups in total. The average Bonchev–Trinajstić information content (AvgIpc) is 2.99. The molecule has 6 rings (SSSR count). The maximum Gasteiger partial charge on any atom is 0.212 e. The van der Waals surface area contributed by atoms with Gasteiger partial charge in [0.15, 0.2) is 12.4 Å². The van der Waals surface area contributed by atoms with Crippen LogP contribution in [0.15, 0.2) is 122 Å². The second-order valence-electron chi connectivity index (χ2n) is 9.80. The number of nitrogens with two attached hydrogens (primary N) is 2. The Kier molecular flexibility index (Phi) is 11.3. The van der Waals surface area contributed by atoms with Crippen LogP contribution in [0.3, 0.4) is 0 Å². The molecule has 0 radical (unpaired) electrons. The lowest BCUT2D eigenvalue weighted by atomic mass is 10.1. The van der Waals surface area contributed by atoms with Crippen molar-refractivity contribution in [2.24, 2.45) is 14.1 Å². The third-order valence-electron chi connectivity index (χ3n) is 6.93. The number of aromatic nitrogens is 2. The van der Waals surface area contributed by atoms with E-state index in [4.69, 9.17) is 11.5 Å². The number of hydrogen-bond acceptors (Lipinski definition) is 2. The second kappa shape index (κ2) is 14.8. The SMILES string of the molecule is C[n+]1ccc(C=Cc2ccc(N)cc2)c2ccccc21.C[n+]1ccc(C=Cc2ccc(N)cc2)c2ccccc21.[Cl-].[Cl-]. The second-order valence-corrected chi connectivity index (χ2v) is 9.80. The van der Waals surface area contributed by atoms with Gasteiger partial charge in [0.05, 0.1) is 10.8 Å². The minimum absolute atomic E-state index is 0. The molecule has 0 unspecified atom stereocenters. The van der Waals surface area contributed by atoms with Gasteiger partial charge < -0.3 is 36.3 Å². The highest BCUT2D eigenvalue weighted by atomic mass is 35.5. The van der Waals surface area contributed by atoms with Crippen molar-refractivity contribution in [1.29, 1.82) is 0 Å². The number of pyridine rings is 2. The van der Waals surface area contributed by atoms with Crippen LogP contribution in [0.25, 0.3) is 46.1 Å². The van der Waals surface area contributed by atoms with E-state index in [0.717, 1.165) is 22.5 Å². The lowest BCUT2D eigenvalue weighted by Gasteiger charge is -2.01. The van der Waals surface area contributed by atoms with Crippen LogP contribution in [0.5, 0.6) is 0 Å². The average molecular weight is 594 g/mol. The highest BCUT2D eigenvalue weighted by Gasteiger charge is 2.07. The zero-order chi connectivity index (χ0) is 27.9. The van der Waals surface area contributed by atoms with Crippen LogP contribution >= 0.6 is 0 Å². The van der Waals surface area contributed by atoms with Gasteiger partial charge in [0.1, 0.15) is 14.1 Å². The Hall–Kier alpha value is -4.64. The summed E-state index contributed by atoms with van der Waals surface area (Å²) in [5.74, 6) is 0. The molecule has 212 valence electrons. The van der Waals surface area contributed by atoms with Crippen molar-refractivity contribution >= 4 is 57.5 Å². The summed E-state index contributed by atoms with van der Waals surface area (Å²) in [6.07, 6.45) is 12.7. The van der Waals surface area contributed by atoms with Crippen LogP contribution in [0.1, 0.15) is 22.3 Å². The molecule has 2 heterocycles. The van der Waals surface area contributed by atoms with Crippen LogP contribution < -0.4 is 45.4 Å². The van der Waals surface area contributed by atoms with E-state index < -0.39 is 0 Å². The molecule has 4 nitrogen and oxygen atoms in total. The van der Waals surface area contributed by atoms with Crippen molar-refractivity contribution in [3.05, 3.63) is 144 Å². The van der Waals surface area contributed by atoms with Crippen LogP contribution in [0.2, 0.25) is 0 Å². The maximum atomic E-state index is 5.70. The molecule has 0 saturated carbocycles. The maximum absolute atomic E-state index is 5.70. The first kappa shape index (κ1) is 31.9. The molecule has 6 aromatic rings. The summed E-state index contributed by atoms with van der Waals surface area (Å²) >= 11 is 0. The van der Waals surface area contributed by atoms with Crippen LogP contribution in [-0.2, 0) is 14.1 Å². The number of rotatable bonds is 4. The van der Waals surface area contributed by atoms with Gasteiger partial charge in [0.25, 0.3) is 0 Å². The lowest BCUT2D eigenvalue weighted by Crippen LogP contribution is -3.00. The number of nitrogens with zero attached hydrogens (tertiary/aromatic N) is 2. The molecular formula is C36H34Cl2N4. The normalized spacial score (nSPS) is 10.7. The summed E-state index contributed by atoms with van der Waals surface area (Å²) in [6.45, 7) is 0. The van der Waals surface area contributed by atoms with E-state index in [1.54, 1.807) is 0 Å². The van der Waals surface area contributed by atoms with Gasteiger partial charge >= 0.3 is 0 Å². The summed E-state index contributed by atoms with van der Waals surface area (Å²) < 4.78 is 4.27. The molecule has 2 aromatic heterocycles. The van der Waals surface area contributed by atoms with Gasteiger partial charge in [-0.25, -0.2) is 9.13 Å². The molecule has 0 fully saturated rings. The van der Waals surface area contributed by atoms with Crippen molar-refractivity contribution in [2.75, 3.05) is 11.5 Å². The highest BCUT2D eigenvalue weighted by Crippen LogP contribution is 2.19. The summed E-state index contributed by atoms with van der Waals surface area (Å²) in [5.41, 5.74) is 20.2. The number of hydrogen-bond donors (Lipinski definition) is 2. The van der Waals surface area contributed by atoms with Crippen LogP contribution in [0, 0.1) is 0 Å². The van der Waals surface area contributed by atoms with Crippen molar-refractivity contribution in [1.82, 2.24) is 0 Å². The predicted molar refractivity (Wildman–Crippen MR) is 170 cm³/mol. The van der Waals surface area contributed by atoms with Gasteiger partial charge in [0, 0.05) is 35.6 Å². The molecule has 0 aliphatic heterocycles. The molecule has 0 aliphatic rings. The summed E-state index contributed by atoms with van der Waals surface area (Å²) in [7, 11) is 4.13. The Balaban J connectivity index is 0.000000220. The van der Waals surface area contributed by atoms with Gasteiger partial charge in [-0.1, -0.05) is 72.8 Å². The Bertz CT molecular complexity index is 1690. The molecule has 0 amide bonds. The fourth-order valence-electron chi connectivity index (χ4n) is 4.65. The molecule has 6 heteroatoms. The minimum Gasteiger partial charge on any atom is -1.00 e. The molecule has 0 bridgehead atoms. The van der Waals surface area contributed by atoms with Gasteiger partial charge in [-0.15, -0.1) is 0 Å². The standard InChI is InChI=1S/2C18H16N2.2ClH/c2*1-20-13-12-15(17-4-2-3-5-18(17)20)9-6-14-7-10-16(19)11-8-14;;/h2*2-13,19H,1H3;2*1H. The summed E-state index contributed by atoms with van der Waals surface area (Å²) in [5, 5.41) is 2.51. The zero-order valence-electron chi connectivity index (χ0n) is 23.7. The molecular weight excluding hydrogens is 559 g/mol. The number of nitrogen functional groups attached to an aromatic ring is 2. The van der Waals surface area contributed by atoms with Gasteiger partial charge in [0.2, 0.25) is 11.0 Å². The van der Waals surface area contributed by atoms with Crippen molar-refractivity contribution in [2.45, 2.75) is 0 Å². The van der Waals surface area contributed by atoms with E-state index in [1.807, 2.05) is 48.5 Å². The molecule has 42 heavy (non-hydrogen) atoms. The molecule has 0 saturated heterocycles. The van der Waals surface area contributed by atoms with E-state index in [2.05, 4.69) is 121 Å². The topological polar surface area (TPSA) is 59.8 Å². The van der Waals surface area contributed by atoms with E-state index in [-0.39, 0.29) is 24.8 Å². The Morgan fingerprint density at radius 2 is 0.810 bits per heavy atom. The fraction of sp³-hybridized carbons (Fsp3) is 0.0556. The van der Waals surface area contributed by atoms with Gasteiger partial charge in [-0.3, -0.25) is 0 Å². The molecule has 0 atom stereocenters. The number of para-hydroxylation sites is 2. The largest absolute Gasteiger partial charge is 1.00 e. The highest BCUT2D eigenvalue weighted by molar-refractivity contribution is 5.89. The smallest absolute Gasteiger partial charge is 0.212 e. The van der Waals surface area contributed by atoms with Gasteiger partial charge in [-0.05, 0) is 58.7 Å². The number of anilines is 2. The lowest BCUT2D eigenvalue weighted by molar-refractivity contribution is -0.645. The molecule has 4 aromatic carbocycles. The third kappa shape index (κ3) is 7.76. The monoisotopic (exact) mass is 592 g/mol. The van der Waals surface area contributed by atoms with Crippen molar-refractivity contribution < 1.29 is 33.9 Å². The number of fused-ring (bicyclic) bond motifs is 2. The quantitative estimate of drug-likeness (QED) is 0.235. The van der Waals surface area contributed by atoms with Crippen molar-refractivity contribution in [3.63, 3.8) is 0 Å². The van der Waals surface area contributed by atoms with E-state index in [1.165, 1.54) is 32.9 Å². The minimum atomic E-state index is 0. The summed E-state index contributed by atoms with van der Waals surface area (Å²) in [4.78, 5) is 0. The van der Waals surface area contributed by atoms with Crippen LogP contribution in [-0.4, -0.2) is 0 Å². The fourth-order valence-corrected chi connectivity index (χ4v) is 4.65. The number of halogens is 2. The van der Waals surface area contributed by atoms with E-state index in [0.29, 0.717) is 0 Å². The third-order valence-corrected chi connectivity index (χ3v) is 6.93. The van der Waals surface area contributed by atoms with Gasteiger partial charge in [-0.2, -0.15) is 0 Å². The Labute approximate surface area is 260 Å². The number of benzene rings is 4. The molecule has 0 aliphatic carbocycles. The first-order valence-electron chi connectivity index (χ1n) is 13.3. The Morgan fingerprint density at radius 3 is 1.19 bits per heavy atom. The number of aryl methyl sites for hydroxylation is 2. The predicted octanol–water partition coefficient (Wildman–Crippen LogP) is 0.842. The molecule has 0 spiro atoms. The van der Waals surface area contributed by atoms with Crippen molar-refractivity contribution in [3.8, 4) is 0 Å². The van der Waals surface area contributed by atoms with E-state index in [9.17, 15) is 0 Å².